The molecule has 13 heteroatoms. The normalized spacial score (nSPS) is 18.2. The van der Waals surface area contributed by atoms with E-state index in [1.54, 1.807) is 11.0 Å². The number of likely N-dealkylation sites (tertiary alicyclic amines) is 2. The van der Waals surface area contributed by atoms with E-state index in [1.807, 2.05) is 0 Å². The Labute approximate surface area is 265 Å². The van der Waals surface area contributed by atoms with Crippen molar-refractivity contribution in [1.29, 1.82) is 0 Å². The highest BCUT2D eigenvalue weighted by Gasteiger charge is 2.57. The number of aromatic nitrogens is 1. The number of urea groups is 1. The summed E-state index contributed by atoms with van der Waals surface area (Å²) in [6.45, 7) is 3.43. The molecule has 0 bridgehead atoms. The molecular formula is C33H37F2N7O4. The third-order valence-electron chi connectivity index (χ3n) is 9.17. The Morgan fingerprint density at radius 1 is 0.978 bits per heavy atom. The lowest BCUT2D eigenvalue weighted by atomic mass is 9.97. The van der Waals surface area contributed by atoms with Gasteiger partial charge in [0.1, 0.15) is 28.5 Å². The number of nitrogens with one attached hydrogen (secondary N) is 1. The Hall–Kier alpha value is -4.62. The van der Waals surface area contributed by atoms with E-state index in [9.17, 15) is 18.8 Å². The van der Waals surface area contributed by atoms with Gasteiger partial charge in [0.15, 0.2) is 5.82 Å². The number of rotatable bonds is 9. The van der Waals surface area contributed by atoms with E-state index in [0.717, 1.165) is 49.0 Å². The molecule has 11 nitrogen and oxygen atoms in total. The Morgan fingerprint density at radius 3 is 2.26 bits per heavy atom. The molecule has 3 aromatic rings. The fraction of sp³-hybridized carbons (Fsp3) is 0.394. The fourth-order valence-corrected chi connectivity index (χ4v) is 6.01. The molecular weight excluding hydrogens is 596 g/mol. The van der Waals surface area contributed by atoms with Crippen LogP contribution in [0.2, 0.25) is 0 Å². The van der Waals surface area contributed by atoms with Crippen LogP contribution in [-0.2, 0) is 9.59 Å². The second-order valence-electron chi connectivity index (χ2n) is 12.4. The Bertz CT molecular complexity index is 1620. The zero-order valence-corrected chi connectivity index (χ0v) is 25.8. The predicted molar refractivity (Wildman–Crippen MR) is 168 cm³/mol. The summed E-state index contributed by atoms with van der Waals surface area (Å²) < 4.78 is 35.1. The second-order valence-corrected chi connectivity index (χ2v) is 12.4. The molecule has 2 saturated heterocycles. The third-order valence-corrected chi connectivity index (χ3v) is 9.17. The van der Waals surface area contributed by atoms with Gasteiger partial charge in [-0.3, -0.25) is 24.7 Å². The number of ether oxygens (including phenoxy) is 1. The highest BCUT2D eigenvalue weighted by Crippen LogP contribution is 2.49. The van der Waals surface area contributed by atoms with Crippen LogP contribution in [0.1, 0.15) is 25.7 Å². The molecule has 4 amide bonds. The number of hydrogen-bond acceptors (Lipinski definition) is 7. The Kier molecular flexibility index (Phi) is 8.62. The van der Waals surface area contributed by atoms with Crippen molar-refractivity contribution in [1.82, 2.24) is 19.7 Å². The Balaban J connectivity index is 1.10. The molecule has 46 heavy (non-hydrogen) atoms. The summed E-state index contributed by atoms with van der Waals surface area (Å²) >= 11 is 0. The number of likely N-dealkylation sites (N-methyl/N-ethyl adjacent to an activating group) is 1. The van der Waals surface area contributed by atoms with Gasteiger partial charge in [0.2, 0.25) is 11.8 Å². The van der Waals surface area contributed by atoms with Crippen LogP contribution < -0.4 is 20.7 Å². The van der Waals surface area contributed by atoms with Gasteiger partial charge in [-0.25, -0.2) is 18.6 Å². The molecule has 2 aromatic carbocycles. The number of nitrogens with zero attached hydrogens (tertiary/aromatic N) is 5. The van der Waals surface area contributed by atoms with E-state index in [-0.39, 0.29) is 41.8 Å². The highest BCUT2D eigenvalue weighted by molar-refractivity contribution is 6.16. The van der Waals surface area contributed by atoms with Crippen molar-refractivity contribution in [2.45, 2.75) is 37.8 Å². The van der Waals surface area contributed by atoms with Crippen LogP contribution in [0, 0.1) is 17.0 Å². The van der Waals surface area contributed by atoms with E-state index in [4.69, 9.17) is 10.5 Å². The number of carbonyl (C=O) groups excluding carboxylic acids is 3. The van der Waals surface area contributed by atoms with Crippen molar-refractivity contribution in [3.8, 4) is 11.5 Å². The minimum absolute atomic E-state index is 0.122. The summed E-state index contributed by atoms with van der Waals surface area (Å²) in [6.07, 6.45) is 3.80. The van der Waals surface area contributed by atoms with Crippen molar-refractivity contribution < 1.29 is 27.9 Å². The van der Waals surface area contributed by atoms with Crippen molar-refractivity contribution in [2.24, 2.45) is 11.1 Å². The van der Waals surface area contributed by atoms with Crippen molar-refractivity contribution in [2.75, 3.05) is 50.5 Å². The number of anilines is 3. The van der Waals surface area contributed by atoms with Gasteiger partial charge in [0, 0.05) is 62.3 Å². The lowest BCUT2D eigenvalue weighted by molar-refractivity contribution is -0.133. The van der Waals surface area contributed by atoms with Gasteiger partial charge in [-0.05, 0) is 82.2 Å². The molecule has 2 aliphatic heterocycles. The molecule has 1 aliphatic carbocycles. The van der Waals surface area contributed by atoms with Crippen molar-refractivity contribution in [3.63, 3.8) is 0 Å². The van der Waals surface area contributed by atoms with E-state index < -0.39 is 28.9 Å². The predicted octanol–water partition coefficient (Wildman–Crippen LogP) is 4.32. The third kappa shape index (κ3) is 6.38. The van der Waals surface area contributed by atoms with Crippen LogP contribution in [0.15, 0.2) is 60.8 Å². The largest absolute Gasteiger partial charge is 0.457 e. The summed E-state index contributed by atoms with van der Waals surface area (Å²) in [5, 5.41) is 2.82. The number of benzene rings is 2. The van der Waals surface area contributed by atoms with Crippen LogP contribution in [0.3, 0.4) is 0 Å². The van der Waals surface area contributed by atoms with E-state index in [0.29, 0.717) is 30.9 Å². The fourth-order valence-electron chi connectivity index (χ4n) is 6.01. The summed E-state index contributed by atoms with van der Waals surface area (Å²) in [4.78, 5) is 50.4. The molecule has 3 heterocycles. The number of piperidine rings is 1. The standard InChI is InChI=1S/C33H37F2N7O4/c1-39(2)24-19-41(20-24)22-10-15-40(16-11-22)32(45)38-29-18-26(9-14-37-29)46-25-7-8-28(27(35)17-25)42(23-5-3-21(34)4-6-23)31(44)33(12-13-33)30(36)43/h3-9,14,17-18,22,24H,10-13,15-16,19-20H2,1-2H3,(H2,36,43)(H,37,38,45). The summed E-state index contributed by atoms with van der Waals surface area (Å²) in [5.74, 6) is -2.10. The van der Waals surface area contributed by atoms with Gasteiger partial charge in [-0.1, -0.05) is 0 Å². The molecule has 0 unspecified atom stereocenters. The summed E-state index contributed by atoms with van der Waals surface area (Å²) in [5.41, 5.74) is 4.13. The molecule has 0 radical (unpaired) electrons. The highest BCUT2D eigenvalue weighted by atomic mass is 19.1. The molecule has 3 fully saturated rings. The van der Waals surface area contributed by atoms with Crippen LogP contribution >= 0.6 is 0 Å². The maximum absolute atomic E-state index is 15.6. The average molecular weight is 634 g/mol. The van der Waals surface area contributed by atoms with E-state index in [1.165, 1.54) is 36.5 Å². The zero-order valence-electron chi connectivity index (χ0n) is 25.8. The summed E-state index contributed by atoms with van der Waals surface area (Å²) in [6, 6.07) is 12.8. The molecule has 1 aromatic heterocycles. The quantitative estimate of drug-likeness (QED) is 0.337. The number of carbonyl (C=O) groups is 3. The number of pyridine rings is 1. The van der Waals surface area contributed by atoms with Gasteiger partial charge in [-0.2, -0.15) is 0 Å². The first-order valence-corrected chi connectivity index (χ1v) is 15.3. The number of halogens is 2. The maximum Gasteiger partial charge on any atom is 0.323 e. The molecule has 1 saturated carbocycles. The van der Waals surface area contributed by atoms with Crippen molar-refractivity contribution >= 4 is 35.0 Å². The first-order chi connectivity index (χ1) is 22.0. The first kappa shape index (κ1) is 31.4. The van der Waals surface area contributed by atoms with Crippen LogP contribution in [-0.4, -0.2) is 89.9 Å². The number of hydrogen-bond donors (Lipinski definition) is 2. The van der Waals surface area contributed by atoms with Crippen LogP contribution in [0.25, 0.3) is 0 Å². The number of primary amides is 1. The molecule has 0 atom stereocenters. The van der Waals surface area contributed by atoms with Gasteiger partial charge in [0.25, 0.3) is 0 Å². The second kappa shape index (κ2) is 12.6. The molecule has 242 valence electrons. The average Bonchev–Trinajstić information content (AvgIpc) is 3.81. The van der Waals surface area contributed by atoms with E-state index >= 15 is 4.39 Å². The lowest BCUT2D eigenvalue weighted by Gasteiger charge is -2.49. The first-order valence-electron chi connectivity index (χ1n) is 15.3. The van der Waals surface area contributed by atoms with Crippen molar-refractivity contribution in [3.05, 3.63) is 72.4 Å². The SMILES string of the molecule is CN(C)C1CN(C2CCN(C(=O)Nc3cc(Oc4ccc(N(C(=O)C5(C(N)=O)CC5)c5ccc(F)cc5)c(F)c4)ccn3)CC2)C1. The van der Waals surface area contributed by atoms with E-state index in [2.05, 4.69) is 34.2 Å². The van der Waals surface area contributed by atoms with Crippen LogP contribution in [0.4, 0.5) is 30.8 Å². The molecule has 3 aliphatic rings. The molecule has 0 spiro atoms. The molecule has 6 rings (SSSR count). The Morgan fingerprint density at radius 2 is 1.65 bits per heavy atom. The van der Waals surface area contributed by atoms with Crippen LogP contribution in [0.5, 0.6) is 11.5 Å². The molecule has 3 N–H and O–H groups in total. The lowest BCUT2D eigenvalue weighted by Crippen LogP contribution is -2.62. The minimum atomic E-state index is -1.44. The smallest absolute Gasteiger partial charge is 0.323 e. The number of amides is 4. The minimum Gasteiger partial charge on any atom is -0.457 e. The van der Waals surface area contributed by atoms with Gasteiger partial charge in [-0.15, -0.1) is 0 Å². The van der Waals surface area contributed by atoms with Gasteiger partial charge >= 0.3 is 6.03 Å². The summed E-state index contributed by atoms with van der Waals surface area (Å²) in [7, 11) is 4.20. The van der Waals surface area contributed by atoms with Gasteiger partial charge < -0.3 is 20.3 Å². The zero-order chi connectivity index (χ0) is 32.6. The maximum atomic E-state index is 15.6. The topological polar surface area (TPSA) is 124 Å². The monoisotopic (exact) mass is 633 g/mol. The number of nitrogens with two attached hydrogens (primary N) is 1. The van der Waals surface area contributed by atoms with Gasteiger partial charge in [0.05, 0.1) is 5.69 Å².